The molecule has 4 aromatic rings. The number of benzene rings is 2. The van der Waals surface area contributed by atoms with Gasteiger partial charge in [-0.05, 0) is 54.7 Å². The third kappa shape index (κ3) is 2.22. The molecule has 2 nitrogen and oxygen atoms in total. The highest BCUT2D eigenvalue weighted by Crippen LogP contribution is 2.39. The Balaban J connectivity index is 2.10. The van der Waals surface area contributed by atoms with Gasteiger partial charge in [-0.1, -0.05) is 38.1 Å². The van der Waals surface area contributed by atoms with Crippen molar-refractivity contribution >= 4 is 21.9 Å². The van der Waals surface area contributed by atoms with Crippen LogP contribution in [0.25, 0.3) is 33.2 Å². The van der Waals surface area contributed by atoms with Crippen LogP contribution in [0.1, 0.15) is 36.5 Å². The molecule has 2 aromatic carbocycles. The molecule has 120 valence electrons. The summed E-state index contributed by atoms with van der Waals surface area (Å²) in [4.78, 5) is 4.64. The molecule has 0 radical (unpaired) electrons. The van der Waals surface area contributed by atoms with Crippen LogP contribution in [0, 0.1) is 13.8 Å². The van der Waals surface area contributed by atoms with E-state index in [1.165, 1.54) is 27.5 Å². The van der Waals surface area contributed by atoms with E-state index >= 15 is 0 Å². The molecule has 2 heterocycles. The van der Waals surface area contributed by atoms with Crippen molar-refractivity contribution in [2.45, 2.75) is 33.6 Å². The molecule has 0 spiro atoms. The molecule has 2 heteroatoms. The van der Waals surface area contributed by atoms with Gasteiger partial charge in [-0.2, -0.15) is 0 Å². The molecule has 0 aliphatic rings. The number of hydrogen-bond acceptors (Lipinski definition) is 2. The maximum Gasteiger partial charge on any atom is 0.145 e. The van der Waals surface area contributed by atoms with Gasteiger partial charge in [-0.25, -0.2) is 0 Å². The number of aromatic nitrogens is 1. The van der Waals surface area contributed by atoms with Gasteiger partial charge in [0.25, 0.3) is 0 Å². The number of aryl methyl sites for hydroxylation is 2. The first-order chi connectivity index (χ1) is 11.6. The van der Waals surface area contributed by atoms with Crippen molar-refractivity contribution in [1.29, 1.82) is 0 Å². The SMILES string of the molecule is Cc1cc(C)c2c(oc3ccccc32)c1-c1cc(C(C)C)ccn1. The van der Waals surface area contributed by atoms with Gasteiger partial charge in [0.05, 0.1) is 5.69 Å². The minimum atomic E-state index is 0.476. The molecule has 4 rings (SSSR count). The summed E-state index contributed by atoms with van der Waals surface area (Å²) in [7, 11) is 0. The zero-order valence-electron chi connectivity index (χ0n) is 14.6. The number of para-hydroxylation sites is 1. The third-order valence-corrected chi connectivity index (χ3v) is 4.75. The first-order valence-electron chi connectivity index (χ1n) is 8.44. The Hall–Kier alpha value is -2.61. The van der Waals surface area contributed by atoms with E-state index in [0.717, 1.165) is 22.4 Å². The average molecular weight is 315 g/mol. The van der Waals surface area contributed by atoms with Crippen LogP contribution in [-0.2, 0) is 0 Å². The van der Waals surface area contributed by atoms with E-state index in [4.69, 9.17) is 4.42 Å². The molecular formula is C22H21NO. The maximum absolute atomic E-state index is 6.26. The Morgan fingerprint density at radius 1 is 0.958 bits per heavy atom. The smallest absolute Gasteiger partial charge is 0.145 e. The van der Waals surface area contributed by atoms with Crippen LogP contribution in [0.4, 0.5) is 0 Å². The van der Waals surface area contributed by atoms with Gasteiger partial charge < -0.3 is 4.42 Å². The Morgan fingerprint density at radius 3 is 2.54 bits per heavy atom. The molecule has 0 saturated heterocycles. The lowest BCUT2D eigenvalue weighted by atomic mass is 9.95. The van der Waals surface area contributed by atoms with Gasteiger partial charge in [0.15, 0.2) is 0 Å². The normalized spacial score (nSPS) is 11.7. The van der Waals surface area contributed by atoms with Crippen molar-refractivity contribution in [1.82, 2.24) is 4.98 Å². The molecule has 0 N–H and O–H groups in total. The fraction of sp³-hybridized carbons (Fsp3) is 0.227. The van der Waals surface area contributed by atoms with E-state index in [1.54, 1.807) is 0 Å². The van der Waals surface area contributed by atoms with Crippen LogP contribution in [0.3, 0.4) is 0 Å². The maximum atomic E-state index is 6.26. The number of pyridine rings is 1. The van der Waals surface area contributed by atoms with Gasteiger partial charge in [0.2, 0.25) is 0 Å². The predicted molar refractivity (Wildman–Crippen MR) is 101 cm³/mol. The number of hydrogen-bond donors (Lipinski definition) is 0. The van der Waals surface area contributed by atoms with Crippen molar-refractivity contribution in [2.24, 2.45) is 0 Å². The Kier molecular flexibility index (Phi) is 3.42. The summed E-state index contributed by atoms with van der Waals surface area (Å²) in [5, 5.41) is 2.37. The number of furan rings is 1. The molecular weight excluding hydrogens is 294 g/mol. The topological polar surface area (TPSA) is 26.0 Å². The molecule has 0 saturated carbocycles. The summed E-state index contributed by atoms with van der Waals surface area (Å²) in [5.41, 5.74) is 7.72. The van der Waals surface area contributed by atoms with Crippen LogP contribution in [0.15, 0.2) is 53.1 Å². The van der Waals surface area contributed by atoms with E-state index in [2.05, 4.69) is 63.0 Å². The summed E-state index contributed by atoms with van der Waals surface area (Å²) in [6.07, 6.45) is 1.90. The Bertz CT molecular complexity index is 1060. The molecule has 0 aliphatic heterocycles. The summed E-state index contributed by atoms with van der Waals surface area (Å²) in [5.74, 6) is 0.476. The quantitative estimate of drug-likeness (QED) is 0.428. The van der Waals surface area contributed by atoms with E-state index in [-0.39, 0.29) is 0 Å². The van der Waals surface area contributed by atoms with E-state index in [0.29, 0.717) is 5.92 Å². The summed E-state index contributed by atoms with van der Waals surface area (Å²) in [6.45, 7) is 8.70. The highest BCUT2D eigenvalue weighted by Gasteiger charge is 2.18. The highest BCUT2D eigenvalue weighted by molar-refractivity contribution is 6.11. The molecule has 2 aromatic heterocycles. The zero-order chi connectivity index (χ0) is 16.8. The lowest BCUT2D eigenvalue weighted by Crippen LogP contribution is -1.93. The third-order valence-electron chi connectivity index (χ3n) is 4.75. The minimum Gasteiger partial charge on any atom is -0.455 e. The predicted octanol–water partition coefficient (Wildman–Crippen LogP) is 6.39. The highest BCUT2D eigenvalue weighted by atomic mass is 16.3. The monoisotopic (exact) mass is 315 g/mol. The van der Waals surface area contributed by atoms with Crippen molar-refractivity contribution in [2.75, 3.05) is 0 Å². The van der Waals surface area contributed by atoms with E-state index in [1.807, 2.05) is 18.3 Å². The molecule has 0 unspecified atom stereocenters. The number of fused-ring (bicyclic) bond motifs is 3. The van der Waals surface area contributed by atoms with Gasteiger partial charge in [-0.3, -0.25) is 4.98 Å². The van der Waals surface area contributed by atoms with Gasteiger partial charge >= 0.3 is 0 Å². The number of nitrogens with zero attached hydrogens (tertiary/aromatic N) is 1. The summed E-state index contributed by atoms with van der Waals surface area (Å²) in [6, 6.07) is 14.8. The molecule has 0 amide bonds. The van der Waals surface area contributed by atoms with Crippen molar-refractivity contribution < 1.29 is 4.42 Å². The van der Waals surface area contributed by atoms with Crippen molar-refractivity contribution in [3.05, 3.63) is 65.4 Å². The minimum absolute atomic E-state index is 0.476. The second-order valence-corrected chi connectivity index (χ2v) is 6.82. The first kappa shape index (κ1) is 14.9. The van der Waals surface area contributed by atoms with E-state index < -0.39 is 0 Å². The van der Waals surface area contributed by atoms with Gasteiger partial charge in [0.1, 0.15) is 11.2 Å². The Morgan fingerprint density at radius 2 is 1.75 bits per heavy atom. The molecule has 0 fully saturated rings. The van der Waals surface area contributed by atoms with Crippen LogP contribution in [0.2, 0.25) is 0 Å². The first-order valence-corrected chi connectivity index (χ1v) is 8.44. The lowest BCUT2D eigenvalue weighted by Gasteiger charge is -2.11. The lowest BCUT2D eigenvalue weighted by molar-refractivity contribution is 0.669. The second kappa shape index (κ2) is 5.48. The Labute approximate surface area is 142 Å². The van der Waals surface area contributed by atoms with E-state index in [9.17, 15) is 0 Å². The van der Waals surface area contributed by atoms with Crippen LogP contribution in [0.5, 0.6) is 0 Å². The zero-order valence-corrected chi connectivity index (χ0v) is 14.6. The molecule has 0 atom stereocenters. The standard InChI is InChI=1S/C22H21NO/c1-13(2)16-9-10-23-18(12-16)21-15(4)11-14(3)20-17-7-5-6-8-19(17)24-22(20)21/h5-13H,1-4H3. The number of rotatable bonds is 2. The summed E-state index contributed by atoms with van der Waals surface area (Å²) >= 11 is 0. The molecule has 24 heavy (non-hydrogen) atoms. The molecule has 0 aliphatic carbocycles. The fourth-order valence-corrected chi connectivity index (χ4v) is 3.52. The van der Waals surface area contributed by atoms with Crippen LogP contribution < -0.4 is 0 Å². The van der Waals surface area contributed by atoms with Crippen LogP contribution in [-0.4, -0.2) is 4.98 Å². The molecule has 0 bridgehead atoms. The summed E-state index contributed by atoms with van der Waals surface area (Å²) < 4.78 is 6.26. The largest absolute Gasteiger partial charge is 0.455 e. The van der Waals surface area contributed by atoms with Gasteiger partial charge in [-0.15, -0.1) is 0 Å². The van der Waals surface area contributed by atoms with Crippen LogP contribution >= 0.6 is 0 Å². The van der Waals surface area contributed by atoms with Crippen molar-refractivity contribution in [3.8, 4) is 11.3 Å². The van der Waals surface area contributed by atoms with Crippen molar-refractivity contribution in [3.63, 3.8) is 0 Å². The van der Waals surface area contributed by atoms with Gasteiger partial charge in [0, 0.05) is 22.5 Å². The average Bonchev–Trinajstić information content (AvgIpc) is 2.94. The second-order valence-electron chi connectivity index (χ2n) is 6.82. The fourth-order valence-electron chi connectivity index (χ4n) is 3.52.